The Labute approximate surface area is 145 Å². The highest BCUT2D eigenvalue weighted by Gasteiger charge is 2.30. The van der Waals surface area contributed by atoms with E-state index in [0.29, 0.717) is 22.9 Å². The van der Waals surface area contributed by atoms with Crippen LogP contribution in [-0.4, -0.2) is 11.7 Å². The molecular formula is C18H17ClN2O3. The van der Waals surface area contributed by atoms with Gasteiger partial charge in [0, 0.05) is 17.1 Å². The van der Waals surface area contributed by atoms with E-state index >= 15 is 0 Å². The van der Waals surface area contributed by atoms with Gasteiger partial charge in [-0.3, -0.25) is 9.59 Å². The second kappa shape index (κ2) is 7.33. The zero-order valence-corrected chi connectivity index (χ0v) is 14.4. The number of benzene rings is 1. The van der Waals surface area contributed by atoms with Crippen LogP contribution in [0.3, 0.4) is 0 Å². The highest BCUT2D eigenvalue weighted by molar-refractivity contribution is 6.31. The number of nitriles is 1. The van der Waals surface area contributed by atoms with Crippen molar-refractivity contribution in [2.45, 2.75) is 27.2 Å². The summed E-state index contributed by atoms with van der Waals surface area (Å²) in [5, 5.41) is 12.3. The highest BCUT2D eigenvalue weighted by Crippen LogP contribution is 2.22. The van der Waals surface area contributed by atoms with Crippen molar-refractivity contribution in [1.29, 1.82) is 5.26 Å². The molecule has 0 aliphatic carbocycles. The van der Waals surface area contributed by atoms with E-state index in [9.17, 15) is 14.9 Å². The van der Waals surface area contributed by atoms with Gasteiger partial charge in [0.15, 0.2) is 11.7 Å². The Hall–Kier alpha value is -2.58. The monoisotopic (exact) mass is 344 g/mol. The number of anilines is 1. The van der Waals surface area contributed by atoms with Crippen LogP contribution in [0.5, 0.6) is 0 Å². The molecule has 0 aliphatic rings. The van der Waals surface area contributed by atoms with E-state index < -0.39 is 17.6 Å². The predicted octanol–water partition coefficient (Wildman–Crippen LogP) is 4.07. The smallest absolute Gasteiger partial charge is 0.249 e. The molecule has 1 amide bonds. The van der Waals surface area contributed by atoms with Gasteiger partial charge in [0.2, 0.25) is 11.7 Å². The average Bonchev–Trinajstić information content (AvgIpc) is 2.92. The van der Waals surface area contributed by atoms with E-state index in [1.807, 2.05) is 13.8 Å². The maximum Gasteiger partial charge on any atom is 0.249 e. The first-order valence-electron chi connectivity index (χ1n) is 7.47. The molecule has 1 N–H and O–H groups in total. The SMILES string of the molecule is CCc1oc(C(=O)C(C#N)C(=O)Nc2cc(Cl)ccc2C)cc1C. The average molecular weight is 345 g/mol. The molecule has 0 fully saturated rings. The van der Waals surface area contributed by atoms with Gasteiger partial charge in [-0.2, -0.15) is 5.26 Å². The number of furan rings is 1. The topological polar surface area (TPSA) is 83.1 Å². The second-order valence-electron chi connectivity index (χ2n) is 5.45. The fourth-order valence-electron chi connectivity index (χ4n) is 2.30. The number of halogens is 1. The molecule has 0 radical (unpaired) electrons. The van der Waals surface area contributed by atoms with Crippen LogP contribution in [0.1, 0.15) is 34.4 Å². The van der Waals surface area contributed by atoms with Crippen LogP contribution in [-0.2, 0) is 11.2 Å². The standard InChI is InChI=1S/C18H17ClN2O3/c1-4-15-11(3)7-16(24-15)17(22)13(9-20)18(23)21-14-8-12(19)6-5-10(14)2/h5-8,13H,4H2,1-3H3,(H,21,23). The summed E-state index contributed by atoms with van der Waals surface area (Å²) in [5.41, 5.74) is 2.06. The number of nitrogens with one attached hydrogen (secondary N) is 1. The van der Waals surface area contributed by atoms with E-state index in [0.717, 1.165) is 11.1 Å². The van der Waals surface area contributed by atoms with E-state index in [-0.39, 0.29) is 5.76 Å². The van der Waals surface area contributed by atoms with Gasteiger partial charge in [-0.15, -0.1) is 0 Å². The summed E-state index contributed by atoms with van der Waals surface area (Å²) in [5.74, 6) is -2.16. The molecule has 6 heteroatoms. The molecule has 0 spiro atoms. The van der Waals surface area contributed by atoms with Crippen molar-refractivity contribution in [1.82, 2.24) is 0 Å². The summed E-state index contributed by atoms with van der Waals surface area (Å²) in [6.45, 7) is 5.50. The van der Waals surface area contributed by atoms with Gasteiger partial charge in [-0.25, -0.2) is 0 Å². The first-order chi connectivity index (χ1) is 11.4. The van der Waals surface area contributed by atoms with Gasteiger partial charge >= 0.3 is 0 Å². The molecule has 24 heavy (non-hydrogen) atoms. The number of rotatable bonds is 5. The van der Waals surface area contributed by atoms with Crippen molar-refractivity contribution < 1.29 is 14.0 Å². The van der Waals surface area contributed by atoms with Crippen molar-refractivity contribution in [3.8, 4) is 6.07 Å². The van der Waals surface area contributed by atoms with Crippen LogP contribution < -0.4 is 5.32 Å². The Morgan fingerprint density at radius 1 is 1.29 bits per heavy atom. The minimum absolute atomic E-state index is 0.0221. The van der Waals surface area contributed by atoms with Crippen molar-refractivity contribution in [2.24, 2.45) is 5.92 Å². The lowest BCUT2D eigenvalue weighted by Gasteiger charge is -2.11. The third-order valence-electron chi connectivity index (χ3n) is 3.70. The first-order valence-corrected chi connectivity index (χ1v) is 7.85. The molecule has 0 saturated heterocycles. The molecule has 2 aromatic rings. The minimum Gasteiger partial charge on any atom is -0.458 e. The summed E-state index contributed by atoms with van der Waals surface area (Å²) in [6, 6.07) is 8.31. The van der Waals surface area contributed by atoms with Crippen LogP contribution in [0.15, 0.2) is 28.7 Å². The fourth-order valence-corrected chi connectivity index (χ4v) is 2.48. The summed E-state index contributed by atoms with van der Waals surface area (Å²) >= 11 is 5.91. The van der Waals surface area contributed by atoms with Gasteiger partial charge < -0.3 is 9.73 Å². The lowest BCUT2D eigenvalue weighted by atomic mass is 10.0. The molecule has 1 aromatic carbocycles. The zero-order chi connectivity index (χ0) is 17.9. The molecule has 0 aliphatic heterocycles. The molecular weight excluding hydrogens is 328 g/mol. The number of hydrogen-bond donors (Lipinski definition) is 1. The van der Waals surface area contributed by atoms with Crippen molar-refractivity contribution >= 4 is 29.0 Å². The molecule has 124 valence electrons. The predicted molar refractivity (Wildman–Crippen MR) is 91.1 cm³/mol. The molecule has 1 heterocycles. The summed E-state index contributed by atoms with van der Waals surface area (Å²) in [6.07, 6.45) is 0.629. The molecule has 1 atom stereocenters. The highest BCUT2D eigenvalue weighted by atomic mass is 35.5. The largest absolute Gasteiger partial charge is 0.458 e. The van der Waals surface area contributed by atoms with Gasteiger partial charge in [-0.1, -0.05) is 24.6 Å². The quantitative estimate of drug-likeness (QED) is 0.654. The van der Waals surface area contributed by atoms with Crippen LogP contribution in [0.4, 0.5) is 5.69 Å². The normalized spacial score (nSPS) is 11.6. The molecule has 2 rings (SSSR count). The lowest BCUT2D eigenvalue weighted by molar-refractivity contribution is -0.117. The molecule has 1 aromatic heterocycles. The Bertz CT molecular complexity index is 833. The number of amides is 1. The van der Waals surface area contributed by atoms with Crippen molar-refractivity contribution in [3.05, 3.63) is 51.9 Å². The lowest BCUT2D eigenvalue weighted by Crippen LogP contribution is -2.28. The van der Waals surface area contributed by atoms with Gasteiger partial charge in [0.1, 0.15) is 5.76 Å². The molecule has 0 saturated carbocycles. The van der Waals surface area contributed by atoms with E-state index in [1.165, 1.54) is 0 Å². The number of nitrogens with zero attached hydrogens (tertiary/aromatic N) is 1. The van der Waals surface area contributed by atoms with Crippen LogP contribution >= 0.6 is 11.6 Å². The zero-order valence-electron chi connectivity index (χ0n) is 13.6. The van der Waals surface area contributed by atoms with E-state index in [1.54, 1.807) is 37.3 Å². The van der Waals surface area contributed by atoms with E-state index in [4.69, 9.17) is 16.0 Å². The Balaban J connectivity index is 2.23. The number of carbonyl (C=O) groups is 2. The molecule has 0 bridgehead atoms. The van der Waals surface area contributed by atoms with Crippen molar-refractivity contribution in [3.63, 3.8) is 0 Å². The third kappa shape index (κ3) is 3.66. The number of ketones is 1. The van der Waals surface area contributed by atoms with Gasteiger partial charge in [-0.05, 0) is 43.2 Å². The summed E-state index contributed by atoms with van der Waals surface area (Å²) < 4.78 is 5.45. The summed E-state index contributed by atoms with van der Waals surface area (Å²) in [4.78, 5) is 24.8. The van der Waals surface area contributed by atoms with Gasteiger partial charge in [0.25, 0.3) is 0 Å². The second-order valence-corrected chi connectivity index (χ2v) is 5.88. The molecule has 1 unspecified atom stereocenters. The van der Waals surface area contributed by atoms with Gasteiger partial charge in [0.05, 0.1) is 6.07 Å². The van der Waals surface area contributed by atoms with Crippen LogP contribution in [0, 0.1) is 31.1 Å². The summed E-state index contributed by atoms with van der Waals surface area (Å²) in [7, 11) is 0. The molecule has 5 nitrogen and oxygen atoms in total. The Morgan fingerprint density at radius 2 is 2.00 bits per heavy atom. The fraction of sp³-hybridized carbons (Fsp3) is 0.278. The Kier molecular flexibility index (Phi) is 5.42. The number of aryl methyl sites for hydroxylation is 3. The third-order valence-corrected chi connectivity index (χ3v) is 3.93. The van der Waals surface area contributed by atoms with E-state index in [2.05, 4.69) is 5.32 Å². The van der Waals surface area contributed by atoms with Crippen LogP contribution in [0.25, 0.3) is 0 Å². The maximum absolute atomic E-state index is 12.4. The number of hydrogen-bond acceptors (Lipinski definition) is 4. The number of Topliss-reactive ketones (excluding diaryl/α,β-unsaturated/α-hetero) is 1. The van der Waals surface area contributed by atoms with Crippen molar-refractivity contribution in [2.75, 3.05) is 5.32 Å². The van der Waals surface area contributed by atoms with Crippen LogP contribution in [0.2, 0.25) is 5.02 Å². The Morgan fingerprint density at radius 3 is 2.58 bits per heavy atom. The maximum atomic E-state index is 12.4. The minimum atomic E-state index is -1.49. The first kappa shape index (κ1) is 17.8. The number of carbonyl (C=O) groups excluding carboxylic acids is 2.